The van der Waals surface area contributed by atoms with Crippen LogP contribution in [0.25, 0.3) is 0 Å². The molecule has 0 amide bonds. The smallest absolute Gasteiger partial charge is 0.0590 e. The molecule has 3 nitrogen and oxygen atoms in total. The average molecular weight is 247 g/mol. The Hall–Kier alpha value is -1.38. The van der Waals surface area contributed by atoms with Gasteiger partial charge in [-0.25, -0.2) is 0 Å². The summed E-state index contributed by atoms with van der Waals surface area (Å²) in [5.41, 5.74) is 2.28. The van der Waals surface area contributed by atoms with Crippen molar-refractivity contribution in [2.75, 3.05) is 13.1 Å². The molecule has 0 unspecified atom stereocenters. The lowest BCUT2D eigenvalue weighted by molar-refractivity contribution is 0.807. The first-order valence-electron chi connectivity index (χ1n) is 6.95. The normalized spacial score (nSPS) is 11.9. The van der Waals surface area contributed by atoms with E-state index in [0.29, 0.717) is 0 Å². The van der Waals surface area contributed by atoms with Gasteiger partial charge in [0, 0.05) is 32.6 Å². The van der Waals surface area contributed by atoms with Gasteiger partial charge in [-0.05, 0) is 25.0 Å². The highest BCUT2D eigenvalue weighted by Crippen LogP contribution is 2.03. The summed E-state index contributed by atoms with van der Waals surface area (Å²) >= 11 is 0. The lowest BCUT2D eigenvalue weighted by Gasteiger charge is -2.00. The first kappa shape index (κ1) is 14.7. The van der Waals surface area contributed by atoms with Gasteiger partial charge < -0.3 is 4.57 Å². The number of rotatable bonds is 8. The van der Waals surface area contributed by atoms with Crippen molar-refractivity contribution in [2.24, 2.45) is 17.0 Å². The first-order valence-corrected chi connectivity index (χ1v) is 6.95. The third-order valence-electron chi connectivity index (χ3n) is 2.93. The molecular formula is C15H25N3. The van der Waals surface area contributed by atoms with Crippen LogP contribution < -0.4 is 0 Å². The molecule has 0 spiro atoms. The Morgan fingerprint density at radius 2 is 1.39 bits per heavy atom. The van der Waals surface area contributed by atoms with E-state index in [2.05, 4.69) is 47.6 Å². The van der Waals surface area contributed by atoms with Crippen molar-refractivity contribution in [1.29, 1.82) is 0 Å². The van der Waals surface area contributed by atoms with Crippen LogP contribution in [0, 0.1) is 0 Å². The Morgan fingerprint density at radius 1 is 0.944 bits per heavy atom. The number of hydrogen-bond acceptors (Lipinski definition) is 2. The molecular weight excluding hydrogens is 222 g/mol. The monoisotopic (exact) mass is 247 g/mol. The molecule has 1 heterocycles. The third-order valence-corrected chi connectivity index (χ3v) is 2.93. The average Bonchev–Trinajstić information content (AvgIpc) is 2.72. The summed E-state index contributed by atoms with van der Waals surface area (Å²) in [4.78, 5) is 8.85. The number of unbranched alkanes of at least 4 members (excludes halogenated alkanes) is 2. The maximum absolute atomic E-state index is 4.42. The second-order valence-corrected chi connectivity index (χ2v) is 4.52. The minimum atomic E-state index is 0.918. The molecule has 3 heteroatoms. The molecule has 18 heavy (non-hydrogen) atoms. The molecule has 0 aliphatic heterocycles. The topological polar surface area (TPSA) is 29.6 Å². The van der Waals surface area contributed by atoms with Gasteiger partial charge in [-0.15, -0.1) is 0 Å². The van der Waals surface area contributed by atoms with Gasteiger partial charge in [0.15, 0.2) is 0 Å². The largest absolute Gasteiger partial charge is 0.342 e. The third kappa shape index (κ3) is 4.86. The quantitative estimate of drug-likeness (QED) is 0.497. The number of aromatic nitrogens is 1. The van der Waals surface area contributed by atoms with Crippen molar-refractivity contribution in [3.05, 3.63) is 23.5 Å². The molecule has 0 fully saturated rings. The molecule has 0 N–H and O–H groups in total. The van der Waals surface area contributed by atoms with E-state index in [1.54, 1.807) is 0 Å². The Balaban J connectivity index is 2.54. The molecule has 1 aromatic heterocycles. The Kier molecular flexibility index (Phi) is 7.07. The van der Waals surface area contributed by atoms with Crippen LogP contribution in [0.3, 0.4) is 0 Å². The maximum atomic E-state index is 4.42. The summed E-state index contributed by atoms with van der Waals surface area (Å²) in [6, 6.07) is 4.19. The molecule has 0 atom stereocenters. The van der Waals surface area contributed by atoms with E-state index < -0.39 is 0 Å². The first-order chi connectivity index (χ1) is 8.79. The van der Waals surface area contributed by atoms with E-state index in [1.165, 1.54) is 12.8 Å². The van der Waals surface area contributed by atoms with Crippen molar-refractivity contribution >= 4 is 12.4 Å². The van der Waals surface area contributed by atoms with Gasteiger partial charge in [-0.1, -0.05) is 26.7 Å². The van der Waals surface area contributed by atoms with Crippen LogP contribution in [0.5, 0.6) is 0 Å². The van der Waals surface area contributed by atoms with Gasteiger partial charge >= 0.3 is 0 Å². The number of hydrogen-bond donors (Lipinski definition) is 0. The number of nitrogens with zero attached hydrogens (tertiary/aromatic N) is 3. The van der Waals surface area contributed by atoms with Gasteiger partial charge in [0.25, 0.3) is 0 Å². The predicted octanol–water partition coefficient (Wildman–Crippen LogP) is 3.46. The fourth-order valence-corrected chi connectivity index (χ4v) is 1.62. The zero-order valence-corrected chi connectivity index (χ0v) is 11.9. The highest BCUT2D eigenvalue weighted by Gasteiger charge is 1.99. The summed E-state index contributed by atoms with van der Waals surface area (Å²) in [5.74, 6) is 0. The minimum Gasteiger partial charge on any atom is -0.342 e. The van der Waals surface area contributed by atoms with Crippen molar-refractivity contribution in [1.82, 2.24) is 4.57 Å². The SMILES string of the molecule is CCCCN=Cc1ccc(C=NCCCC)n1C. The minimum absolute atomic E-state index is 0.918. The van der Waals surface area contributed by atoms with Gasteiger partial charge in [-0.3, -0.25) is 9.98 Å². The summed E-state index contributed by atoms with van der Waals surface area (Å²) in [5, 5.41) is 0. The Labute approximate surface area is 111 Å². The molecule has 0 aliphatic rings. The number of aliphatic imine (C=N–C) groups is 2. The maximum Gasteiger partial charge on any atom is 0.0590 e. The molecule has 0 aromatic carbocycles. The van der Waals surface area contributed by atoms with Crippen LogP contribution in [-0.4, -0.2) is 30.1 Å². The highest BCUT2D eigenvalue weighted by molar-refractivity contribution is 5.83. The fraction of sp³-hybridized carbons (Fsp3) is 0.600. The Morgan fingerprint density at radius 3 is 1.78 bits per heavy atom. The summed E-state index contributed by atoms with van der Waals surface area (Å²) in [6.07, 6.45) is 8.62. The molecule has 0 aliphatic carbocycles. The van der Waals surface area contributed by atoms with E-state index in [0.717, 1.165) is 37.3 Å². The van der Waals surface area contributed by atoms with Crippen molar-refractivity contribution in [3.63, 3.8) is 0 Å². The van der Waals surface area contributed by atoms with E-state index in [1.807, 2.05) is 12.4 Å². The molecule has 1 aromatic rings. The van der Waals surface area contributed by atoms with Crippen LogP contribution in [0.4, 0.5) is 0 Å². The highest BCUT2D eigenvalue weighted by atomic mass is 15.0. The lowest BCUT2D eigenvalue weighted by Crippen LogP contribution is -2.00. The van der Waals surface area contributed by atoms with E-state index in [4.69, 9.17) is 0 Å². The summed E-state index contributed by atoms with van der Waals surface area (Å²) < 4.78 is 2.13. The fourth-order valence-electron chi connectivity index (χ4n) is 1.62. The zero-order valence-electron chi connectivity index (χ0n) is 11.9. The molecule has 0 radical (unpaired) electrons. The van der Waals surface area contributed by atoms with Crippen LogP contribution in [-0.2, 0) is 7.05 Å². The van der Waals surface area contributed by atoms with E-state index in [-0.39, 0.29) is 0 Å². The predicted molar refractivity (Wildman–Crippen MR) is 80.2 cm³/mol. The van der Waals surface area contributed by atoms with Gasteiger partial charge in [-0.2, -0.15) is 0 Å². The van der Waals surface area contributed by atoms with Crippen molar-refractivity contribution < 1.29 is 0 Å². The summed E-state index contributed by atoms with van der Waals surface area (Å²) in [7, 11) is 2.06. The Bertz CT molecular complexity index is 353. The second kappa shape index (κ2) is 8.67. The van der Waals surface area contributed by atoms with E-state index in [9.17, 15) is 0 Å². The van der Waals surface area contributed by atoms with Crippen LogP contribution in [0.15, 0.2) is 22.1 Å². The molecule has 100 valence electrons. The van der Waals surface area contributed by atoms with Crippen molar-refractivity contribution in [3.8, 4) is 0 Å². The summed E-state index contributed by atoms with van der Waals surface area (Å²) in [6.45, 7) is 6.20. The van der Waals surface area contributed by atoms with Crippen LogP contribution in [0.1, 0.15) is 50.9 Å². The van der Waals surface area contributed by atoms with Crippen molar-refractivity contribution in [2.45, 2.75) is 39.5 Å². The molecule has 0 saturated heterocycles. The van der Waals surface area contributed by atoms with Gasteiger partial charge in [0.05, 0.1) is 11.4 Å². The standard InChI is InChI=1S/C15H25N3/c1-4-6-10-16-12-14-8-9-15(18(14)3)13-17-11-7-5-2/h8-9,12-13H,4-7,10-11H2,1-3H3. The molecule has 0 saturated carbocycles. The molecule has 1 rings (SSSR count). The lowest BCUT2D eigenvalue weighted by atomic mass is 10.3. The second-order valence-electron chi connectivity index (χ2n) is 4.52. The van der Waals surface area contributed by atoms with E-state index >= 15 is 0 Å². The molecule has 0 bridgehead atoms. The zero-order chi connectivity index (χ0) is 13.2. The van der Waals surface area contributed by atoms with Gasteiger partial charge in [0.2, 0.25) is 0 Å². The van der Waals surface area contributed by atoms with Crippen LogP contribution in [0.2, 0.25) is 0 Å². The van der Waals surface area contributed by atoms with Gasteiger partial charge in [0.1, 0.15) is 0 Å². The van der Waals surface area contributed by atoms with Crippen LogP contribution >= 0.6 is 0 Å².